The van der Waals surface area contributed by atoms with Crippen LogP contribution in [0.4, 0.5) is 14.8 Å². The molecule has 0 saturated carbocycles. The molecule has 1 aliphatic rings. The molecule has 0 spiro atoms. The van der Waals surface area contributed by atoms with Crippen molar-refractivity contribution in [3.05, 3.63) is 23.4 Å². The van der Waals surface area contributed by atoms with Crippen LogP contribution in [0, 0.1) is 6.92 Å². The van der Waals surface area contributed by atoms with Crippen molar-refractivity contribution >= 4 is 39.2 Å². The molecular weight excluding hydrogens is 382 g/mol. The average Bonchev–Trinajstić information content (AvgIpc) is 3.30. The number of hydrogen-bond donors (Lipinski definition) is 4. The number of thiophene rings is 1. The molecule has 1 aromatic rings. The van der Waals surface area contributed by atoms with E-state index >= 15 is 0 Å². The van der Waals surface area contributed by atoms with E-state index in [2.05, 4.69) is 21.4 Å². The molecule has 10 heteroatoms. The largest absolute Gasteiger partial charge is 0.462 e. The minimum Gasteiger partial charge on any atom is -0.462 e. The summed E-state index contributed by atoms with van der Waals surface area (Å²) in [5.74, 6) is -0.794. The van der Waals surface area contributed by atoms with Gasteiger partial charge in [0.05, 0.1) is 18.7 Å². The van der Waals surface area contributed by atoms with Crippen molar-refractivity contribution < 1.29 is 19.1 Å². The molecule has 3 amide bonds. The lowest BCUT2D eigenvalue weighted by Gasteiger charge is -2.14. The first-order valence-electron chi connectivity index (χ1n) is 9.29. The van der Waals surface area contributed by atoms with Crippen molar-refractivity contribution in [2.45, 2.75) is 34.6 Å². The van der Waals surface area contributed by atoms with Crippen LogP contribution in [0.25, 0.3) is 0 Å². The minimum absolute atomic E-state index is 0.151. The van der Waals surface area contributed by atoms with Crippen LogP contribution in [0.5, 0.6) is 0 Å². The fraction of sp³-hybridized carbons (Fsp3) is 0.500. The van der Waals surface area contributed by atoms with E-state index in [4.69, 9.17) is 4.74 Å². The Bertz CT molecular complexity index is 717. The number of amides is 3. The summed E-state index contributed by atoms with van der Waals surface area (Å²) in [6.07, 6.45) is 3.79. The highest BCUT2D eigenvalue weighted by Crippen LogP contribution is 2.40. The molecule has 9 nitrogen and oxygen atoms in total. The number of nitrogens with one attached hydrogen (secondary N) is 4. The fourth-order valence-corrected chi connectivity index (χ4v) is 3.49. The van der Waals surface area contributed by atoms with Crippen LogP contribution in [0.2, 0.25) is 0 Å². The Morgan fingerprint density at radius 3 is 2.54 bits per heavy atom. The zero-order chi connectivity index (χ0) is 21.1. The molecule has 1 aliphatic heterocycles. The molecule has 2 rings (SSSR count). The number of ether oxygens (including phenoxy) is 1. The summed E-state index contributed by atoms with van der Waals surface area (Å²) in [4.78, 5) is 35.9. The second-order valence-corrected chi connectivity index (χ2v) is 6.33. The molecule has 4 N–H and O–H groups in total. The first kappa shape index (κ1) is 23.4. The van der Waals surface area contributed by atoms with Crippen LogP contribution < -0.4 is 26.4 Å². The third-order valence-corrected chi connectivity index (χ3v) is 4.67. The molecule has 0 atom stereocenters. The summed E-state index contributed by atoms with van der Waals surface area (Å²) in [5, 5.41) is 10.6. The zero-order valence-electron chi connectivity index (χ0n) is 17.0. The molecule has 1 aromatic heterocycles. The van der Waals surface area contributed by atoms with Crippen molar-refractivity contribution in [3.8, 4) is 0 Å². The van der Waals surface area contributed by atoms with Gasteiger partial charge in [-0.3, -0.25) is 15.1 Å². The van der Waals surface area contributed by atoms with Crippen molar-refractivity contribution in [2.75, 3.05) is 36.6 Å². The van der Waals surface area contributed by atoms with Gasteiger partial charge in [-0.15, -0.1) is 0 Å². The van der Waals surface area contributed by atoms with E-state index in [1.54, 1.807) is 25.8 Å². The van der Waals surface area contributed by atoms with E-state index in [1.165, 1.54) is 11.3 Å². The highest BCUT2D eigenvalue weighted by molar-refractivity contribution is 7.20. The molecule has 0 radical (unpaired) electrons. The van der Waals surface area contributed by atoms with Crippen LogP contribution in [-0.2, 0) is 9.53 Å². The number of rotatable bonds is 7. The fourth-order valence-electron chi connectivity index (χ4n) is 2.34. The topological polar surface area (TPSA) is 112 Å². The average molecular weight is 412 g/mol. The lowest BCUT2D eigenvalue weighted by Crippen LogP contribution is -2.38. The van der Waals surface area contributed by atoms with Crippen molar-refractivity contribution in [3.63, 3.8) is 0 Å². The van der Waals surface area contributed by atoms with Gasteiger partial charge in [-0.25, -0.2) is 15.0 Å². The normalized spacial score (nSPS) is 12.1. The Balaban J connectivity index is 0.00000190. The smallest absolute Gasteiger partial charge is 0.341 e. The summed E-state index contributed by atoms with van der Waals surface area (Å²) in [6.45, 7) is 10.6. The molecule has 0 bridgehead atoms. The van der Waals surface area contributed by atoms with Crippen molar-refractivity contribution in [2.24, 2.45) is 0 Å². The van der Waals surface area contributed by atoms with Gasteiger partial charge in [0.2, 0.25) is 5.91 Å². The number of likely N-dealkylation sites (N-methyl/N-ethyl adjacent to an activating group) is 1. The Labute approximate surface area is 169 Å². The van der Waals surface area contributed by atoms with Gasteiger partial charge in [0.25, 0.3) is 0 Å². The summed E-state index contributed by atoms with van der Waals surface area (Å²) < 4.78 is 5.11. The maximum absolute atomic E-state index is 12.3. The van der Waals surface area contributed by atoms with Crippen LogP contribution in [0.15, 0.2) is 12.3 Å². The van der Waals surface area contributed by atoms with Gasteiger partial charge in [0.15, 0.2) is 0 Å². The molecule has 0 fully saturated rings. The molecule has 156 valence electrons. The second kappa shape index (κ2) is 12.0. The standard InChI is InChI=1S/C16H23N5O4S.C2H6/c1-4-17-11(22)9-18-16(24)20-13-12(15(23)25-5-2)10(3)14(26-13)21-8-6-7-19-21;1-2/h6,8,19H,4-5,7,9H2,1-3H3,(H,17,22)(H2,18,20,24);1-2H3. The third-order valence-electron chi connectivity index (χ3n) is 3.46. The number of hydrazine groups is 1. The number of nitrogens with zero attached hydrogens (tertiary/aromatic N) is 1. The number of urea groups is 1. The first-order valence-corrected chi connectivity index (χ1v) is 10.1. The Hall–Kier alpha value is -2.59. The second-order valence-electron chi connectivity index (χ2n) is 5.34. The summed E-state index contributed by atoms with van der Waals surface area (Å²) in [6, 6.07) is -0.570. The predicted octanol–water partition coefficient (Wildman–Crippen LogP) is 2.36. The lowest BCUT2D eigenvalue weighted by molar-refractivity contribution is -0.119. The van der Waals surface area contributed by atoms with E-state index < -0.39 is 12.0 Å². The van der Waals surface area contributed by atoms with Gasteiger partial charge in [0, 0.05) is 24.9 Å². The van der Waals surface area contributed by atoms with Gasteiger partial charge in [0.1, 0.15) is 10.0 Å². The maximum Gasteiger partial charge on any atom is 0.341 e. The number of hydrogen-bond acceptors (Lipinski definition) is 7. The molecule has 0 unspecified atom stereocenters. The number of carbonyl (C=O) groups is 3. The first-order chi connectivity index (χ1) is 13.5. The monoisotopic (exact) mass is 411 g/mol. The molecule has 28 heavy (non-hydrogen) atoms. The quantitative estimate of drug-likeness (QED) is 0.513. The Morgan fingerprint density at radius 2 is 1.96 bits per heavy atom. The van der Waals surface area contributed by atoms with E-state index in [0.717, 1.165) is 5.00 Å². The summed E-state index contributed by atoms with van der Waals surface area (Å²) >= 11 is 1.25. The summed E-state index contributed by atoms with van der Waals surface area (Å²) in [7, 11) is 0. The van der Waals surface area contributed by atoms with E-state index in [0.29, 0.717) is 29.2 Å². The van der Waals surface area contributed by atoms with Gasteiger partial charge in [-0.1, -0.05) is 31.3 Å². The molecule has 0 saturated heterocycles. The maximum atomic E-state index is 12.3. The number of esters is 1. The van der Waals surface area contributed by atoms with Crippen LogP contribution in [0.1, 0.15) is 43.6 Å². The molecule has 2 heterocycles. The van der Waals surface area contributed by atoms with Gasteiger partial charge in [-0.2, -0.15) is 0 Å². The Morgan fingerprint density at radius 1 is 1.25 bits per heavy atom. The predicted molar refractivity (Wildman–Crippen MR) is 112 cm³/mol. The van der Waals surface area contributed by atoms with E-state index in [-0.39, 0.29) is 19.1 Å². The Kier molecular flexibility index (Phi) is 10.0. The summed E-state index contributed by atoms with van der Waals surface area (Å²) in [5.41, 5.74) is 4.14. The van der Waals surface area contributed by atoms with Crippen LogP contribution >= 0.6 is 11.3 Å². The zero-order valence-corrected chi connectivity index (χ0v) is 17.8. The molecular formula is C18H29N5O4S. The minimum atomic E-state index is -0.570. The number of anilines is 2. The van der Waals surface area contributed by atoms with Crippen LogP contribution in [-0.4, -0.2) is 44.1 Å². The SMILES string of the molecule is CC.CCNC(=O)CNC(=O)Nc1sc(N2C=CCN2)c(C)c1C(=O)OCC. The number of carbonyl (C=O) groups excluding carboxylic acids is 3. The van der Waals surface area contributed by atoms with Crippen molar-refractivity contribution in [1.82, 2.24) is 16.1 Å². The van der Waals surface area contributed by atoms with E-state index in [9.17, 15) is 14.4 Å². The van der Waals surface area contributed by atoms with Gasteiger partial charge in [-0.05, 0) is 20.8 Å². The van der Waals surface area contributed by atoms with Gasteiger partial charge < -0.3 is 15.4 Å². The third kappa shape index (κ3) is 6.24. The molecule has 0 aliphatic carbocycles. The lowest BCUT2D eigenvalue weighted by atomic mass is 10.2. The molecule has 0 aromatic carbocycles. The highest BCUT2D eigenvalue weighted by atomic mass is 32.1. The van der Waals surface area contributed by atoms with Crippen molar-refractivity contribution in [1.29, 1.82) is 0 Å². The van der Waals surface area contributed by atoms with Gasteiger partial charge >= 0.3 is 12.0 Å². The van der Waals surface area contributed by atoms with E-state index in [1.807, 2.05) is 26.1 Å². The highest BCUT2D eigenvalue weighted by Gasteiger charge is 2.26. The van der Waals surface area contributed by atoms with Crippen LogP contribution in [0.3, 0.4) is 0 Å².